The summed E-state index contributed by atoms with van der Waals surface area (Å²) >= 11 is 0. The first kappa shape index (κ1) is 14.7. The number of amides is 1. The van der Waals surface area contributed by atoms with Crippen molar-refractivity contribution >= 4 is 5.91 Å². The second-order valence-corrected chi connectivity index (χ2v) is 4.47. The summed E-state index contributed by atoms with van der Waals surface area (Å²) in [6.45, 7) is 5.42. The number of nitrogens with zero attached hydrogens (tertiary/aromatic N) is 2. The van der Waals surface area contributed by atoms with Crippen LogP contribution in [-0.2, 0) is 17.8 Å². The Hall–Kier alpha value is -1.36. The molecule has 0 atom stereocenters. The van der Waals surface area contributed by atoms with Crippen LogP contribution in [0.2, 0.25) is 0 Å². The van der Waals surface area contributed by atoms with Crippen molar-refractivity contribution in [2.75, 3.05) is 13.6 Å². The molecule has 1 aromatic heterocycles. The number of nitrogens with one attached hydrogen (secondary N) is 2. The van der Waals surface area contributed by atoms with E-state index in [1.54, 1.807) is 6.33 Å². The van der Waals surface area contributed by atoms with Crippen LogP contribution in [0.4, 0.5) is 0 Å². The molecule has 0 aliphatic carbocycles. The zero-order valence-corrected chi connectivity index (χ0v) is 11.6. The van der Waals surface area contributed by atoms with Crippen LogP contribution >= 0.6 is 0 Å². The molecule has 5 heteroatoms. The molecule has 18 heavy (non-hydrogen) atoms. The fourth-order valence-electron chi connectivity index (χ4n) is 1.81. The van der Waals surface area contributed by atoms with Gasteiger partial charge in [0.15, 0.2) is 0 Å². The van der Waals surface area contributed by atoms with E-state index in [1.165, 1.54) is 0 Å². The Balaban J connectivity index is 2.41. The highest BCUT2D eigenvalue weighted by Crippen LogP contribution is 1.99. The van der Waals surface area contributed by atoms with E-state index in [-0.39, 0.29) is 11.9 Å². The van der Waals surface area contributed by atoms with Crippen LogP contribution in [0.3, 0.4) is 0 Å². The third-order valence-corrected chi connectivity index (χ3v) is 2.99. The molecule has 0 saturated carbocycles. The lowest BCUT2D eigenvalue weighted by molar-refractivity contribution is -0.122. The first-order valence-corrected chi connectivity index (χ1v) is 6.64. The van der Waals surface area contributed by atoms with Gasteiger partial charge in [0, 0.05) is 25.2 Å². The third-order valence-electron chi connectivity index (χ3n) is 2.99. The van der Waals surface area contributed by atoms with Crippen LogP contribution < -0.4 is 10.6 Å². The number of hydrogen-bond donors (Lipinski definition) is 2. The molecule has 0 aromatic carbocycles. The highest BCUT2D eigenvalue weighted by atomic mass is 16.2. The smallest absolute Gasteiger partial charge is 0.240 e. The maximum absolute atomic E-state index is 11.8. The van der Waals surface area contributed by atoms with E-state index in [2.05, 4.69) is 29.5 Å². The van der Waals surface area contributed by atoms with Crippen molar-refractivity contribution in [2.45, 2.75) is 45.7 Å². The Morgan fingerprint density at radius 3 is 2.78 bits per heavy atom. The average molecular weight is 252 g/mol. The van der Waals surface area contributed by atoms with Gasteiger partial charge >= 0.3 is 0 Å². The highest BCUT2D eigenvalue weighted by molar-refractivity contribution is 5.76. The Bertz CT molecular complexity index is 358. The molecule has 0 aliphatic heterocycles. The molecule has 0 bridgehead atoms. The van der Waals surface area contributed by atoms with Crippen molar-refractivity contribution in [1.82, 2.24) is 20.2 Å². The summed E-state index contributed by atoms with van der Waals surface area (Å²) in [5.41, 5.74) is 1.01. The topological polar surface area (TPSA) is 59.0 Å². The molecule has 1 heterocycles. The van der Waals surface area contributed by atoms with Crippen molar-refractivity contribution < 1.29 is 4.79 Å². The summed E-state index contributed by atoms with van der Waals surface area (Å²) in [5.74, 6) is 0.0567. The minimum atomic E-state index is 0.0567. The maximum Gasteiger partial charge on any atom is 0.240 e. The predicted molar refractivity (Wildman–Crippen MR) is 72.4 cm³/mol. The second-order valence-electron chi connectivity index (χ2n) is 4.47. The molecule has 0 aliphatic rings. The lowest BCUT2D eigenvalue weighted by Gasteiger charge is -2.14. The van der Waals surface area contributed by atoms with E-state index in [4.69, 9.17) is 0 Å². The summed E-state index contributed by atoms with van der Waals surface area (Å²) in [6, 6.07) is 0.282. The number of rotatable bonds is 8. The van der Waals surface area contributed by atoms with Crippen LogP contribution in [0.1, 0.15) is 32.4 Å². The van der Waals surface area contributed by atoms with Crippen LogP contribution in [-0.4, -0.2) is 35.1 Å². The maximum atomic E-state index is 11.8. The van der Waals surface area contributed by atoms with Gasteiger partial charge in [0.1, 0.15) is 6.54 Å². The van der Waals surface area contributed by atoms with Gasteiger partial charge in [-0.25, -0.2) is 4.98 Å². The monoisotopic (exact) mass is 252 g/mol. The molecule has 5 nitrogen and oxygen atoms in total. The molecule has 0 radical (unpaired) electrons. The first-order chi connectivity index (χ1) is 8.69. The Morgan fingerprint density at radius 1 is 1.44 bits per heavy atom. The minimum Gasteiger partial charge on any atom is -0.352 e. The number of aromatic nitrogens is 2. The van der Waals surface area contributed by atoms with E-state index in [1.807, 2.05) is 17.8 Å². The average Bonchev–Trinajstić information content (AvgIpc) is 2.81. The number of imidazole rings is 1. The number of carbonyl (C=O) groups excluding carboxylic acids is 1. The lowest BCUT2D eigenvalue weighted by Crippen LogP contribution is -2.36. The largest absolute Gasteiger partial charge is 0.352 e. The predicted octanol–water partition coefficient (Wildman–Crippen LogP) is 0.950. The van der Waals surface area contributed by atoms with Crippen LogP contribution in [0.25, 0.3) is 0 Å². The van der Waals surface area contributed by atoms with Crippen molar-refractivity contribution in [2.24, 2.45) is 0 Å². The van der Waals surface area contributed by atoms with Gasteiger partial charge in [-0.3, -0.25) is 4.79 Å². The van der Waals surface area contributed by atoms with Crippen molar-refractivity contribution in [3.05, 3.63) is 18.2 Å². The van der Waals surface area contributed by atoms with Gasteiger partial charge in [-0.2, -0.15) is 0 Å². The van der Waals surface area contributed by atoms with Gasteiger partial charge in [-0.05, 0) is 19.9 Å². The van der Waals surface area contributed by atoms with Gasteiger partial charge in [0.2, 0.25) is 5.91 Å². The molecule has 0 unspecified atom stereocenters. The fraction of sp³-hybridized carbons (Fsp3) is 0.692. The van der Waals surface area contributed by atoms with Gasteiger partial charge in [-0.1, -0.05) is 13.8 Å². The first-order valence-electron chi connectivity index (χ1n) is 6.64. The molecular formula is C13H24N4O. The minimum absolute atomic E-state index is 0.0567. The Kier molecular flexibility index (Phi) is 6.43. The summed E-state index contributed by atoms with van der Waals surface area (Å²) in [5, 5.41) is 6.10. The number of hydrogen-bond acceptors (Lipinski definition) is 3. The van der Waals surface area contributed by atoms with Gasteiger partial charge < -0.3 is 15.2 Å². The Labute approximate surface area is 109 Å². The lowest BCUT2D eigenvalue weighted by atomic mass is 10.2. The van der Waals surface area contributed by atoms with E-state index >= 15 is 0 Å². The molecule has 0 saturated heterocycles. The zero-order valence-electron chi connectivity index (χ0n) is 11.6. The van der Waals surface area contributed by atoms with Crippen molar-refractivity contribution in [3.63, 3.8) is 0 Å². The van der Waals surface area contributed by atoms with Crippen LogP contribution in [0, 0.1) is 0 Å². The fourth-order valence-corrected chi connectivity index (χ4v) is 1.81. The van der Waals surface area contributed by atoms with Crippen molar-refractivity contribution in [1.29, 1.82) is 0 Å². The molecule has 1 aromatic rings. The normalized spacial score (nSPS) is 10.9. The summed E-state index contributed by atoms with van der Waals surface area (Å²) < 4.78 is 1.84. The molecule has 0 spiro atoms. The molecular weight excluding hydrogens is 228 g/mol. The molecule has 102 valence electrons. The van der Waals surface area contributed by atoms with Gasteiger partial charge in [0.25, 0.3) is 0 Å². The Morgan fingerprint density at radius 2 is 2.17 bits per heavy atom. The van der Waals surface area contributed by atoms with Crippen LogP contribution in [0.15, 0.2) is 12.5 Å². The second kappa shape index (κ2) is 7.87. The third kappa shape index (κ3) is 4.87. The van der Waals surface area contributed by atoms with Crippen molar-refractivity contribution in [3.8, 4) is 0 Å². The van der Waals surface area contributed by atoms with E-state index < -0.39 is 0 Å². The quantitative estimate of drug-likeness (QED) is 0.724. The zero-order chi connectivity index (χ0) is 13.4. The van der Waals surface area contributed by atoms with Gasteiger partial charge in [0.05, 0.1) is 12.0 Å². The molecule has 0 fully saturated rings. The number of likely N-dealkylation sites (N-methyl/N-ethyl adjacent to an activating group) is 1. The van der Waals surface area contributed by atoms with E-state index in [0.717, 1.165) is 31.5 Å². The molecule has 1 rings (SSSR count). The summed E-state index contributed by atoms with van der Waals surface area (Å²) in [7, 11) is 1.92. The molecule has 2 N–H and O–H groups in total. The number of carbonyl (C=O) groups is 1. The van der Waals surface area contributed by atoms with Crippen LogP contribution in [0.5, 0.6) is 0 Å². The summed E-state index contributed by atoms with van der Waals surface area (Å²) in [4.78, 5) is 16.1. The standard InChI is InChI=1S/C13H24N4O/c1-4-11(5-2)16-13(18)9-17-8-12(15-10-17)6-7-14-3/h8,10-11,14H,4-7,9H2,1-3H3,(H,16,18). The highest BCUT2D eigenvalue weighted by Gasteiger charge is 2.09. The van der Waals surface area contributed by atoms with Gasteiger partial charge in [-0.15, -0.1) is 0 Å². The molecule has 1 amide bonds. The summed E-state index contributed by atoms with van der Waals surface area (Å²) in [6.07, 6.45) is 6.48. The SMILES string of the molecule is CCC(CC)NC(=O)Cn1cnc(CCNC)c1. The van der Waals surface area contributed by atoms with E-state index in [9.17, 15) is 4.79 Å². The van der Waals surface area contributed by atoms with E-state index in [0.29, 0.717) is 6.54 Å².